The van der Waals surface area contributed by atoms with Gasteiger partial charge >= 0.3 is 0 Å². The zero-order chi connectivity index (χ0) is 15.4. The first-order chi connectivity index (χ1) is 10.7. The molecule has 1 saturated heterocycles. The average molecular weight is 321 g/mol. The lowest BCUT2D eigenvalue weighted by Gasteiger charge is -2.32. The summed E-state index contributed by atoms with van der Waals surface area (Å²) in [4.78, 5) is 19.4. The van der Waals surface area contributed by atoms with Gasteiger partial charge in [-0.15, -0.1) is 11.3 Å². The van der Waals surface area contributed by atoms with Crippen LogP contribution in [0.4, 0.5) is 0 Å². The molecule has 1 aliphatic heterocycles. The number of thiophene rings is 1. The van der Waals surface area contributed by atoms with Gasteiger partial charge < -0.3 is 15.1 Å². The number of carbonyl (C=O) groups is 1. The number of amides is 1. The van der Waals surface area contributed by atoms with Gasteiger partial charge in [0.2, 0.25) is 0 Å². The Morgan fingerprint density at radius 1 is 1.23 bits per heavy atom. The molecule has 0 aromatic carbocycles. The summed E-state index contributed by atoms with van der Waals surface area (Å²) in [6.07, 6.45) is 5.83. The second-order valence-corrected chi connectivity index (χ2v) is 7.66. The molecule has 1 amide bonds. The minimum Gasteiger partial charge on any atom is -0.351 e. The van der Waals surface area contributed by atoms with E-state index in [0.29, 0.717) is 0 Å². The van der Waals surface area contributed by atoms with Crippen molar-refractivity contribution >= 4 is 17.2 Å². The highest BCUT2D eigenvalue weighted by molar-refractivity contribution is 7.14. The molecule has 122 valence electrons. The number of aryl methyl sites for hydroxylation is 2. The van der Waals surface area contributed by atoms with Crippen molar-refractivity contribution < 1.29 is 4.79 Å². The van der Waals surface area contributed by atoms with Gasteiger partial charge in [0, 0.05) is 37.6 Å². The van der Waals surface area contributed by atoms with E-state index < -0.39 is 0 Å². The molecule has 0 spiro atoms. The minimum atomic E-state index is 0.124. The molecule has 1 aromatic heterocycles. The standard InChI is InChI=1S/C17H27N3OS/c1-19-9-11-20(12-10-19)8-3-2-7-18-17(21)16-13-14-5-4-6-15(14)22-16/h13H,2-12H2,1H3,(H,18,21). The van der Waals surface area contributed by atoms with Crippen molar-refractivity contribution in [2.75, 3.05) is 46.3 Å². The lowest BCUT2D eigenvalue weighted by atomic mass is 10.2. The Bertz CT molecular complexity index is 485. The Morgan fingerprint density at radius 3 is 2.82 bits per heavy atom. The van der Waals surface area contributed by atoms with Crippen molar-refractivity contribution in [2.24, 2.45) is 0 Å². The molecule has 0 atom stereocenters. The molecule has 5 heteroatoms. The Morgan fingerprint density at radius 2 is 2.05 bits per heavy atom. The summed E-state index contributed by atoms with van der Waals surface area (Å²) >= 11 is 1.69. The van der Waals surface area contributed by atoms with Crippen molar-refractivity contribution in [1.29, 1.82) is 0 Å². The van der Waals surface area contributed by atoms with E-state index in [1.54, 1.807) is 11.3 Å². The average Bonchev–Trinajstić information content (AvgIpc) is 3.10. The van der Waals surface area contributed by atoms with Crippen LogP contribution in [0.15, 0.2) is 6.07 Å². The number of carbonyl (C=O) groups excluding carboxylic acids is 1. The fraction of sp³-hybridized carbons (Fsp3) is 0.706. The fourth-order valence-electron chi connectivity index (χ4n) is 3.26. The van der Waals surface area contributed by atoms with Crippen LogP contribution in [0.1, 0.15) is 39.4 Å². The van der Waals surface area contributed by atoms with Gasteiger partial charge in [-0.2, -0.15) is 0 Å². The largest absolute Gasteiger partial charge is 0.351 e. The van der Waals surface area contributed by atoms with Crippen LogP contribution in [0.2, 0.25) is 0 Å². The van der Waals surface area contributed by atoms with Crippen molar-refractivity contribution in [3.05, 3.63) is 21.4 Å². The van der Waals surface area contributed by atoms with Gasteiger partial charge in [0.15, 0.2) is 0 Å². The lowest BCUT2D eigenvalue weighted by Crippen LogP contribution is -2.44. The van der Waals surface area contributed by atoms with Gasteiger partial charge in [0.1, 0.15) is 0 Å². The van der Waals surface area contributed by atoms with Crippen LogP contribution in [0, 0.1) is 0 Å². The molecule has 4 nitrogen and oxygen atoms in total. The van der Waals surface area contributed by atoms with Gasteiger partial charge in [-0.05, 0) is 57.3 Å². The summed E-state index contributed by atoms with van der Waals surface area (Å²) in [6.45, 7) is 6.69. The van der Waals surface area contributed by atoms with Crippen LogP contribution in [-0.4, -0.2) is 62.0 Å². The predicted molar refractivity (Wildman–Crippen MR) is 91.8 cm³/mol. The minimum absolute atomic E-state index is 0.124. The molecular formula is C17H27N3OS. The van der Waals surface area contributed by atoms with Gasteiger partial charge in [0.05, 0.1) is 4.88 Å². The van der Waals surface area contributed by atoms with Crippen LogP contribution >= 0.6 is 11.3 Å². The number of unbranched alkanes of at least 4 members (excludes halogenated alkanes) is 1. The van der Waals surface area contributed by atoms with E-state index in [1.165, 1.54) is 49.5 Å². The third kappa shape index (κ3) is 4.09. The molecule has 2 heterocycles. The number of nitrogens with zero attached hydrogens (tertiary/aromatic N) is 2. The van der Waals surface area contributed by atoms with Gasteiger partial charge in [-0.25, -0.2) is 0 Å². The number of likely N-dealkylation sites (N-methyl/N-ethyl adjacent to an activating group) is 1. The van der Waals surface area contributed by atoms with Crippen molar-refractivity contribution in [2.45, 2.75) is 32.1 Å². The summed E-state index contributed by atoms with van der Waals surface area (Å²) in [5.41, 5.74) is 1.41. The maximum Gasteiger partial charge on any atom is 0.261 e. The predicted octanol–water partition coefficient (Wildman–Crippen LogP) is 1.99. The number of fused-ring (bicyclic) bond motifs is 1. The number of piperazine rings is 1. The van der Waals surface area contributed by atoms with Gasteiger partial charge in [-0.1, -0.05) is 0 Å². The molecule has 22 heavy (non-hydrogen) atoms. The molecule has 0 radical (unpaired) electrons. The van der Waals surface area contributed by atoms with Crippen molar-refractivity contribution in [3.8, 4) is 0 Å². The topological polar surface area (TPSA) is 35.6 Å². The van der Waals surface area contributed by atoms with Gasteiger partial charge in [0.25, 0.3) is 5.91 Å². The molecule has 1 aliphatic carbocycles. The van der Waals surface area contributed by atoms with E-state index in [4.69, 9.17) is 0 Å². The second-order valence-electron chi connectivity index (χ2n) is 6.52. The quantitative estimate of drug-likeness (QED) is 0.814. The Labute approximate surface area is 137 Å². The highest BCUT2D eigenvalue weighted by Crippen LogP contribution is 2.30. The van der Waals surface area contributed by atoms with Crippen LogP contribution < -0.4 is 5.32 Å². The maximum absolute atomic E-state index is 12.1. The SMILES string of the molecule is CN1CCN(CCCCNC(=O)c2cc3c(s2)CCC3)CC1. The second kappa shape index (κ2) is 7.57. The Hall–Kier alpha value is -0.910. The van der Waals surface area contributed by atoms with E-state index in [2.05, 4.69) is 28.2 Å². The molecule has 0 unspecified atom stereocenters. The molecule has 1 fully saturated rings. The van der Waals surface area contributed by atoms with E-state index in [0.717, 1.165) is 37.2 Å². The van der Waals surface area contributed by atoms with E-state index >= 15 is 0 Å². The number of nitrogens with one attached hydrogen (secondary N) is 1. The first-order valence-corrected chi connectivity index (χ1v) is 9.35. The third-order valence-electron chi connectivity index (χ3n) is 4.75. The number of hydrogen-bond acceptors (Lipinski definition) is 4. The maximum atomic E-state index is 12.1. The number of hydrogen-bond donors (Lipinski definition) is 1. The zero-order valence-electron chi connectivity index (χ0n) is 13.6. The van der Waals surface area contributed by atoms with Gasteiger partial charge in [-0.3, -0.25) is 4.79 Å². The van der Waals surface area contributed by atoms with E-state index in [-0.39, 0.29) is 5.91 Å². The molecule has 0 saturated carbocycles. The summed E-state index contributed by atoms with van der Waals surface area (Å²) < 4.78 is 0. The molecule has 3 rings (SSSR count). The Kier molecular flexibility index (Phi) is 5.50. The highest BCUT2D eigenvalue weighted by Gasteiger charge is 2.18. The van der Waals surface area contributed by atoms with Crippen LogP contribution in [-0.2, 0) is 12.8 Å². The monoisotopic (exact) mass is 321 g/mol. The van der Waals surface area contributed by atoms with Crippen LogP contribution in [0.25, 0.3) is 0 Å². The molecule has 1 aromatic rings. The molecule has 2 aliphatic rings. The number of rotatable bonds is 6. The molecule has 0 bridgehead atoms. The van der Waals surface area contributed by atoms with Crippen LogP contribution in [0.3, 0.4) is 0 Å². The lowest BCUT2D eigenvalue weighted by molar-refractivity contribution is 0.0956. The van der Waals surface area contributed by atoms with E-state index in [1.807, 2.05) is 0 Å². The van der Waals surface area contributed by atoms with Crippen LogP contribution in [0.5, 0.6) is 0 Å². The highest BCUT2D eigenvalue weighted by atomic mass is 32.1. The summed E-state index contributed by atoms with van der Waals surface area (Å²) in [5.74, 6) is 0.124. The van der Waals surface area contributed by atoms with Crippen molar-refractivity contribution in [1.82, 2.24) is 15.1 Å². The first kappa shape index (κ1) is 16.0. The van der Waals surface area contributed by atoms with Crippen molar-refractivity contribution in [3.63, 3.8) is 0 Å². The summed E-state index contributed by atoms with van der Waals surface area (Å²) in [5, 5.41) is 3.08. The smallest absolute Gasteiger partial charge is 0.261 e. The first-order valence-electron chi connectivity index (χ1n) is 8.53. The summed E-state index contributed by atoms with van der Waals surface area (Å²) in [7, 11) is 2.19. The van der Waals surface area contributed by atoms with E-state index in [9.17, 15) is 4.79 Å². The summed E-state index contributed by atoms with van der Waals surface area (Å²) in [6, 6.07) is 2.10. The normalized spacial score (nSPS) is 19.3. The third-order valence-corrected chi connectivity index (χ3v) is 5.99. The molecule has 1 N–H and O–H groups in total. The Balaban J connectivity index is 1.30. The molecular weight excluding hydrogens is 294 g/mol. The zero-order valence-corrected chi connectivity index (χ0v) is 14.4. The fourth-order valence-corrected chi connectivity index (χ4v) is 4.43.